The summed E-state index contributed by atoms with van der Waals surface area (Å²) in [6.45, 7) is 0.966. The second-order valence-corrected chi connectivity index (χ2v) is 7.61. The molecule has 0 fully saturated rings. The summed E-state index contributed by atoms with van der Waals surface area (Å²) >= 11 is 0. The van der Waals surface area contributed by atoms with E-state index in [4.69, 9.17) is 9.47 Å². The molecule has 0 atom stereocenters. The van der Waals surface area contributed by atoms with E-state index in [0.29, 0.717) is 13.2 Å². The Hall–Kier alpha value is -3.31. The second-order valence-electron chi connectivity index (χ2n) is 7.61. The predicted octanol–water partition coefficient (Wildman–Crippen LogP) is 4.49. The SMILES string of the molecule is COc1cccc(CN2C(=O)COCc3cc(-c4ccc(N(C)C)cc4)ccc32)c1. The van der Waals surface area contributed by atoms with Crippen LogP contribution in [0.3, 0.4) is 0 Å². The van der Waals surface area contributed by atoms with E-state index >= 15 is 0 Å². The average molecular weight is 402 g/mol. The van der Waals surface area contributed by atoms with Crippen LogP contribution in [0.25, 0.3) is 11.1 Å². The Morgan fingerprint density at radius 1 is 0.967 bits per heavy atom. The third-order valence-corrected chi connectivity index (χ3v) is 5.35. The summed E-state index contributed by atoms with van der Waals surface area (Å²) in [5.41, 5.74) is 6.33. The Labute approximate surface area is 177 Å². The van der Waals surface area contributed by atoms with Crippen LogP contribution in [0.15, 0.2) is 66.7 Å². The molecule has 3 aromatic carbocycles. The minimum Gasteiger partial charge on any atom is -0.497 e. The number of fused-ring (bicyclic) bond motifs is 1. The first-order valence-electron chi connectivity index (χ1n) is 9.97. The molecule has 1 aliphatic rings. The molecule has 0 unspecified atom stereocenters. The molecule has 0 N–H and O–H groups in total. The molecule has 4 rings (SSSR count). The highest BCUT2D eigenvalue weighted by Crippen LogP contribution is 2.32. The van der Waals surface area contributed by atoms with Gasteiger partial charge in [0, 0.05) is 31.0 Å². The molecule has 0 radical (unpaired) electrons. The lowest BCUT2D eigenvalue weighted by Gasteiger charge is -2.23. The van der Waals surface area contributed by atoms with E-state index in [1.54, 1.807) is 12.0 Å². The molecule has 30 heavy (non-hydrogen) atoms. The molecule has 1 heterocycles. The van der Waals surface area contributed by atoms with Crippen LogP contribution in [-0.4, -0.2) is 33.7 Å². The van der Waals surface area contributed by atoms with Crippen molar-refractivity contribution in [1.29, 1.82) is 0 Å². The minimum absolute atomic E-state index is 0.0420. The normalized spacial score (nSPS) is 13.6. The van der Waals surface area contributed by atoms with E-state index in [9.17, 15) is 4.79 Å². The van der Waals surface area contributed by atoms with Crippen molar-refractivity contribution in [3.63, 3.8) is 0 Å². The van der Waals surface area contributed by atoms with Gasteiger partial charge in [0.15, 0.2) is 0 Å². The maximum absolute atomic E-state index is 12.8. The lowest BCUT2D eigenvalue weighted by molar-refractivity contribution is -0.123. The summed E-state index contributed by atoms with van der Waals surface area (Å²) < 4.78 is 11.0. The first-order chi connectivity index (χ1) is 14.5. The van der Waals surface area contributed by atoms with Gasteiger partial charge in [-0.3, -0.25) is 4.79 Å². The summed E-state index contributed by atoms with van der Waals surface area (Å²) in [6, 6.07) is 22.5. The van der Waals surface area contributed by atoms with Gasteiger partial charge in [-0.2, -0.15) is 0 Å². The molecule has 154 valence electrons. The minimum atomic E-state index is -0.0420. The van der Waals surface area contributed by atoms with Gasteiger partial charge in [-0.1, -0.05) is 30.3 Å². The number of carbonyl (C=O) groups excluding carboxylic acids is 1. The zero-order chi connectivity index (χ0) is 21.1. The maximum atomic E-state index is 12.8. The molecule has 0 aromatic heterocycles. The highest BCUT2D eigenvalue weighted by molar-refractivity contribution is 5.96. The quantitative estimate of drug-likeness (QED) is 0.631. The Balaban J connectivity index is 1.66. The van der Waals surface area contributed by atoms with Crippen molar-refractivity contribution in [2.75, 3.05) is 37.6 Å². The number of hydrogen-bond donors (Lipinski definition) is 0. The van der Waals surface area contributed by atoms with E-state index in [0.717, 1.165) is 39.4 Å². The lowest BCUT2D eigenvalue weighted by atomic mass is 10.0. The Morgan fingerprint density at radius 2 is 1.73 bits per heavy atom. The number of amides is 1. The summed E-state index contributed by atoms with van der Waals surface area (Å²) in [5.74, 6) is 0.738. The number of carbonyl (C=O) groups is 1. The van der Waals surface area contributed by atoms with Crippen LogP contribution in [0.4, 0.5) is 11.4 Å². The topological polar surface area (TPSA) is 42.0 Å². The van der Waals surface area contributed by atoms with Crippen molar-refractivity contribution in [2.24, 2.45) is 0 Å². The number of benzene rings is 3. The number of nitrogens with zero attached hydrogens (tertiary/aromatic N) is 2. The van der Waals surface area contributed by atoms with Crippen molar-refractivity contribution in [1.82, 2.24) is 0 Å². The number of rotatable bonds is 5. The number of hydrogen-bond acceptors (Lipinski definition) is 4. The summed E-state index contributed by atoms with van der Waals surface area (Å²) in [6.07, 6.45) is 0. The highest BCUT2D eigenvalue weighted by Gasteiger charge is 2.23. The first kappa shape index (κ1) is 20.0. The van der Waals surface area contributed by atoms with Crippen LogP contribution in [0, 0.1) is 0 Å². The van der Waals surface area contributed by atoms with E-state index in [1.807, 2.05) is 44.4 Å². The van der Waals surface area contributed by atoms with Gasteiger partial charge in [-0.05, 0) is 53.1 Å². The van der Waals surface area contributed by atoms with Gasteiger partial charge in [-0.25, -0.2) is 0 Å². The molecule has 0 bridgehead atoms. The molecule has 1 aliphatic heterocycles. The number of anilines is 2. The van der Waals surface area contributed by atoms with E-state index in [-0.39, 0.29) is 12.5 Å². The zero-order valence-corrected chi connectivity index (χ0v) is 17.6. The van der Waals surface area contributed by atoms with Crippen LogP contribution in [0.1, 0.15) is 11.1 Å². The fourth-order valence-electron chi connectivity index (χ4n) is 3.68. The van der Waals surface area contributed by atoms with Crippen molar-refractivity contribution in [3.8, 4) is 16.9 Å². The molecule has 0 spiro atoms. The molecule has 1 amide bonds. The van der Waals surface area contributed by atoms with Crippen LogP contribution >= 0.6 is 0 Å². The third kappa shape index (κ3) is 4.16. The maximum Gasteiger partial charge on any atom is 0.253 e. The summed E-state index contributed by atoms with van der Waals surface area (Å²) in [7, 11) is 5.71. The third-order valence-electron chi connectivity index (χ3n) is 5.35. The molecule has 0 saturated heterocycles. The van der Waals surface area contributed by atoms with E-state index in [1.165, 1.54) is 0 Å². The van der Waals surface area contributed by atoms with Gasteiger partial charge in [-0.15, -0.1) is 0 Å². The fourth-order valence-corrected chi connectivity index (χ4v) is 3.68. The van der Waals surface area contributed by atoms with Crippen LogP contribution in [-0.2, 0) is 22.7 Å². The smallest absolute Gasteiger partial charge is 0.253 e. The second kappa shape index (κ2) is 8.59. The van der Waals surface area contributed by atoms with Crippen molar-refractivity contribution in [3.05, 3.63) is 77.9 Å². The average Bonchev–Trinajstić information content (AvgIpc) is 2.92. The standard InChI is InChI=1S/C25H26N2O3/c1-26(2)22-10-7-19(8-11-22)20-9-12-24-21(14-20)16-30-17-25(28)27(24)15-18-5-4-6-23(13-18)29-3/h4-14H,15-17H2,1-3H3. The molecule has 0 saturated carbocycles. The lowest BCUT2D eigenvalue weighted by Crippen LogP contribution is -2.32. The van der Waals surface area contributed by atoms with Crippen LogP contribution in [0.5, 0.6) is 5.75 Å². The largest absolute Gasteiger partial charge is 0.497 e. The van der Waals surface area contributed by atoms with Crippen LogP contribution < -0.4 is 14.5 Å². The van der Waals surface area contributed by atoms with Gasteiger partial charge in [0.05, 0.1) is 20.3 Å². The molecule has 3 aromatic rings. The van der Waals surface area contributed by atoms with E-state index in [2.05, 4.69) is 41.3 Å². The summed E-state index contributed by atoms with van der Waals surface area (Å²) in [4.78, 5) is 16.6. The van der Waals surface area contributed by atoms with Gasteiger partial charge in [0.2, 0.25) is 0 Å². The van der Waals surface area contributed by atoms with Gasteiger partial charge in [0.25, 0.3) is 5.91 Å². The monoisotopic (exact) mass is 402 g/mol. The number of ether oxygens (including phenoxy) is 2. The van der Waals surface area contributed by atoms with Gasteiger partial charge >= 0.3 is 0 Å². The summed E-state index contributed by atoms with van der Waals surface area (Å²) in [5, 5.41) is 0. The van der Waals surface area contributed by atoms with Gasteiger partial charge < -0.3 is 19.3 Å². The van der Waals surface area contributed by atoms with Crippen molar-refractivity contribution in [2.45, 2.75) is 13.2 Å². The zero-order valence-electron chi connectivity index (χ0n) is 17.6. The van der Waals surface area contributed by atoms with Crippen molar-refractivity contribution < 1.29 is 14.3 Å². The molecular weight excluding hydrogens is 376 g/mol. The molecule has 0 aliphatic carbocycles. The van der Waals surface area contributed by atoms with Crippen LogP contribution in [0.2, 0.25) is 0 Å². The van der Waals surface area contributed by atoms with Crippen molar-refractivity contribution >= 4 is 17.3 Å². The first-order valence-corrected chi connectivity index (χ1v) is 9.97. The molecule has 5 heteroatoms. The molecular formula is C25H26N2O3. The molecule has 5 nitrogen and oxygen atoms in total. The number of methoxy groups -OCH3 is 1. The Morgan fingerprint density at radius 3 is 2.47 bits per heavy atom. The fraction of sp³-hybridized carbons (Fsp3) is 0.240. The Kier molecular flexibility index (Phi) is 5.72. The predicted molar refractivity (Wildman–Crippen MR) is 120 cm³/mol. The Bertz CT molecular complexity index is 1040. The van der Waals surface area contributed by atoms with E-state index < -0.39 is 0 Å². The van der Waals surface area contributed by atoms with Gasteiger partial charge in [0.1, 0.15) is 12.4 Å². The highest BCUT2D eigenvalue weighted by atomic mass is 16.5.